The highest BCUT2D eigenvalue weighted by molar-refractivity contribution is 5.83. The molecule has 102 valence electrons. The Balaban J connectivity index is 1.63. The molecule has 3 rings (SSSR count). The van der Waals surface area contributed by atoms with Gasteiger partial charge >= 0.3 is 0 Å². The Labute approximate surface area is 119 Å². The molecule has 0 fully saturated rings. The predicted molar refractivity (Wildman–Crippen MR) is 84.7 cm³/mol. The van der Waals surface area contributed by atoms with Crippen molar-refractivity contribution >= 4 is 10.9 Å². The van der Waals surface area contributed by atoms with Gasteiger partial charge in [-0.25, -0.2) is 0 Å². The molecule has 0 aliphatic rings. The molecular weight excluding hydrogens is 244 g/mol. The Morgan fingerprint density at radius 1 is 1.00 bits per heavy atom. The number of para-hydroxylation sites is 1. The van der Waals surface area contributed by atoms with E-state index in [9.17, 15) is 0 Å². The van der Waals surface area contributed by atoms with Crippen LogP contribution in [-0.2, 0) is 13.0 Å². The smallest absolute Gasteiger partial charge is 0.0456 e. The van der Waals surface area contributed by atoms with E-state index < -0.39 is 0 Å². The van der Waals surface area contributed by atoms with Crippen molar-refractivity contribution in [2.75, 3.05) is 0 Å². The van der Waals surface area contributed by atoms with Gasteiger partial charge in [0.15, 0.2) is 0 Å². The van der Waals surface area contributed by atoms with Crippen molar-refractivity contribution in [3.63, 3.8) is 0 Å². The lowest BCUT2D eigenvalue weighted by Crippen LogP contribution is -2.27. The molecule has 0 radical (unpaired) electrons. The molecule has 2 nitrogen and oxygen atoms in total. The zero-order chi connectivity index (χ0) is 13.8. The van der Waals surface area contributed by atoms with Gasteiger partial charge in [0.05, 0.1) is 0 Å². The second-order valence-corrected chi connectivity index (χ2v) is 5.33. The van der Waals surface area contributed by atoms with Crippen molar-refractivity contribution in [1.82, 2.24) is 10.3 Å². The molecule has 1 unspecified atom stereocenters. The van der Waals surface area contributed by atoms with Gasteiger partial charge in [0.1, 0.15) is 0 Å². The second kappa shape index (κ2) is 5.93. The molecule has 3 aromatic rings. The maximum atomic E-state index is 3.59. The molecule has 0 aliphatic heterocycles. The summed E-state index contributed by atoms with van der Waals surface area (Å²) in [7, 11) is 0. The first kappa shape index (κ1) is 12.9. The molecule has 2 heteroatoms. The van der Waals surface area contributed by atoms with Crippen LogP contribution in [0, 0.1) is 0 Å². The quantitative estimate of drug-likeness (QED) is 0.719. The van der Waals surface area contributed by atoms with Gasteiger partial charge in [-0.1, -0.05) is 48.5 Å². The summed E-state index contributed by atoms with van der Waals surface area (Å²) in [5, 5.41) is 4.92. The normalized spacial score (nSPS) is 12.7. The van der Waals surface area contributed by atoms with Crippen LogP contribution in [0.5, 0.6) is 0 Å². The minimum absolute atomic E-state index is 0.453. The third-order valence-electron chi connectivity index (χ3n) is 3.70. The number of aromatic amines is 1. The maximum Gasteiger partial charge on any atom is 0.0456 e. The Kier molecular flexibility index (Phi) is 3.84. The van der Waals surface area contributed by atoms with Crippen LogP contribution >= 0.6 is 0 Å². The average molecular weight is 264 g/mol. The van der Waals surface area contributed by atoms with Crippen LogP contribution in [0.25, 0.3) is 10.9 Å². The minimum Gasteiger partial charge on any atom is -0.361 e. The van der Waals surface area contributed by atoms with Gasteiger partial charge in [-0.2, -0.15) is 0 Å². The van der Waals surface area contributed by atoms with Crippen molar-refractivity contribution in [1.29, 1.82) is 0 Å². The summed E-state index contributed by atoms with van der Waals surface area (Å²) < 4.78 is 0. The largest absolute Gasteiger partial charge is 0.361 e. The van der Waals surface area contributed by atoms with E-state index in [0.717, 1.165) is 13.0 Å². The van der Waals surface area contributed by atoms with Crippen molar-refractivity contribution in [2.24, 2.45) is 0 Å². The number of hydrogen-bond acceptors (Lipinski definition) is 1. The van der Waals surface area contributed by atoms with E-state index in [1.807, 2.05) is 0 Å². The van der Waals surface area contributed by atoms with Crippen molar-refractivity contribution in [3.05, 3.63) is 71.9 Å². The average Bonchev–Trinajstić information content (AvgIpc) is 2.90. The summed E-state index contributed by atoms with van der Waals surface area (Å²) in [4.78, 5) is 3.34. The van der Waals surface area contributed by atoms with E-state index in [2.05, 4.69) is 78.0 Å². The van der Waals surface area contributed by atoms with Gasteiger partial charge in [-0.05, 0) is 30.5 Å². The number of hydrogen-bond donors (Lipinski definition) is 2. The first-order valence-electron chi connectivity index (χ1n) is 7.15. The molecule has 0 aliphatic carbocycles. The van der Waals surface area contributed by atoms with Crippen LogP contribution in [0.4, 0.5) is 0 Å². The summed E-state index contributed by atoms with van der Waals surface area (Å²) in [6.45, 7) is 3.16. The standard InChI is InChI=1S/C18H20N2/c1-14(19-12-15-7-3-2-4-8-15)11-16-13-20-18-10-6-5-9-17(16)18/h2-10,13-14,19-20H,11-12H2,1H3. The maximum absolute atomic E-state index is 3.59. The van der Waals surface area contributed by atoms with Crippen molar-refractivity contribution in [2.45, 2.75) is 25.9 Å². The molecule has 0 saturated heterocycles. The Hall–Kier alpha value is -2.06. The summed E-state index contributed by atoms with van der Waals surface area (Å²) in [6.07, 6.45) is 3.17. The van der Waals surface area contributed by atoms with Crippen molar-refractivity contribution in [3.8, 4) is 0 Å². The molecule has 1 heterocycles. The Morgan fingerprint density at radius 3 is 2.60 bits per heavy atom. The van der Waals surface area contributed by atoms with E-state index in [4.69, 9.17) is 0 Å². The fourth-order valence-corrected chi connectivity index (χ4v) is 2.59. The molecule has 20 heavy (non-hydrogen) atoms. The van der Waals surface area contributed by atoms with E-state index >= 15 is 0 Å². The lowest BCUT2D eigenvalue weighted by molar-refractivity contribution is 0.547. The van der Waals surface area contributed by atoms with E-state index in [1.54, 1.807) is 0 Å². The lowest BCUT2D eigenvalue weighted by Gasteiger charge is -2.13. The van der Waals surface area contributed by atoms with Crippen LogP contribution in [-0.4, -0.2) is 11.0 Å². The lowest BCUT2D eigenvalue weighted by atomic mass is 10.1. The van der Waals surface area contributed by atoms with Gasteiger partial charge in [0.2, 0.25) is 0 Å². The van der Waals surface area contributed by atoms with Crippen LogP contribution in [0.3, 0.4) is 0 Å². The SMILES string of the molecule is CC(Cc1c[nH]c2ccccc12)NCc1ccccc1. The Morgan fingerprint density at radius 2 is 1.75 bits per heavy atom. The number of H-pyrrole nitrogens is 1. The fraction of sp³-hybridized carbons (Fsp3) is 0.222. The molecule has 1 atom stereocenters. The highest BCUT2D eigenvalue weighted by Gasteiger charge is 2.07. The molecule has 0 amide bonds. The van der Waals surface area contributed by atoms with E-state index in [0.29, 0.717) is 6.04 Å². The van der Waals surface area contributed by atoms with Crippen LogP contribution < -0.4 is 5.32 Å². The molecule has 0 saturated carbocycles. The molecular formula is C18H20N2. The first-order valence-corrected chi connectivity index (χ1v) is 7.15. The second-order valence-electron chi connectivity index (χ2n) is 5.33. The highest BCUT2D eigenvalue weighted by atomic mass is 14.9. The van der Waals surface area contributed by atoms with Crippen LogP contribution in [0.15, 0.2) is 60.8 Å². The molecule has 0 bridgehead atoms. The highest BCUT2D eigenvalue weighted by Crippen LogP contribution is 2.19. The predicted octanol–water partition coefficient (Wildman–Crippen LogP) is 3.89. The molecule has 2 N–H and O–H groups in total. The number of benzene rings is 2. The zero-order valence-electron chi connectivity index (χ0n) is 11.8. The first-order chi connectivity index (χ1) is 9.83. The summed E-state index contributed by atoms with van der Waals surface area (Å²) in [5.74, 6) is 0. The van der Waals surface area contributed by atoms with Crippen molar-refractivity contribution < 1.29 is 0 Å². The van der Waals surface area contributed by atoms with E-state index in [1.165, 1.54) is 22.0 Å². The number of fused-ring (bicyclic) bond motifs is 1. The molecule has 2 aromatic carbocycles. The molecule has 0 spiro atoms. The van der Waals surface area contributed by atoms with Crippen LogP contribution in [0.2, 0.25) is 0 Å². The van der Waals surface area contributed by atoms with E-state index in [-0.39, 0.29) is 0 Å². The van der Waals surface area contributed by atoms with Gasteiger partial charge in [-0.3, -0.25) is 0 Å². The van der Waals surface area contributed by atoms with Gasteiger partial charge in [-0.15, -0.1) is 0 Å². The third kappa shape index (κ3) is 2.91. The summed E-state index contributed by atoms with van der Waals surface area (Å²) >= 11 is 0. The summed E-state index contributed by atoms with van der Waals surface area (Å²) in [5.41, 5.74) is 3.93. The van der Waals surface area contributed by atoms with Gasteiger partial charge in [0, 0.05) is 29.7 Å². The van der Waals surface area contributed by atoms with Crippen LogP contribution in [0.1, 0.15) is 18.1 Å². The topological polar surface area (TPSA) is 27.8 Å². The summed E-state index contributed by atoms with van der Waals surface area (Å²) in [6, 6.07) is 19.5. The molecule has 1 aromatic heterocycles. The number of rotatable bonds is 5. The number of nitrogens with one attached hydrogen (secondary N) is 2. The third-order valence-corrected chi connectivity index (χ3v) is 3.70. The monoisotopic (exact) mass is 264 g/mol. The van der Waals surface area contributed by atoms with Gasteiger partial charge in [0.25, 0.3) is 0 Å². The number of aromatic nitrogens is 1. The van der Waals surface area contributed by atoms with Gasteiger partial charge < -0.3 is 10.3 Å². The minimum atomic E-state index is 0.453. The Bertz CT molecular complexity index is 670. The zero-order valence-corrected chi connectivity index (χ0v) is 11.8. The fourth-order valence-electron chi connectivity index (χ4n) is 2.59.